The van der Waals surface area contributed by atoms with E-state index < -0.39 is 0 Å². The van der Waals surface area contributed by atoms with Gasteiger partial charge < -0.3 is 4.74 Å². The van der Waals surface area contributed by atoms with Crippen LogP contribution in [-0.4, -0.2) is 12.1 Å². The van der Waals surface area contributed by atoms with Crippen molar-refractivity contribution >= 4 is 5.97 Å². The van der Waals surface area contributed by atoms with E-state index >= 15 is 0 Å². The summed E-state index contributed by atoms with van der Waals surface area (Å²) in [5, 5.41) is 0. The Kier molecular flexibility index (Phi) is 2.87. The minimum absolute atomic E-state index is 0.0899. The van der Waals surface area contributed by atoms with E-state index in [4.69, 9.17) is 4.74 Å². The molecular formula is C15H24O2. The molecule has 0 heterocycles. The first-order valence-electron chi connectivity index (χ1n) is 6.71. The quantitative estimate of drug-likeness (QED) is 0.551. The van der Waals surface area contributed by atoms with Crippen LogP contribution in [0, 0.1) is 16.7 Å². The molecule has 0 aromatic rings. The molecule has 0 amide bonds. The summed E-state index contributed by atoms with van der Waals surface area (Å²) in [6.45, 7) is 12.6. The predicted molar refractivity (Wildman–Crippen MR) is 68.5 cm³/mol. The van der Waals surface area contributed by atoms with Crippen LogP contribution in [0.2, 0.25) is 0 Å². The maximum absolute atomic E-state index is 11.8. The summed E-state index contributed by atoms with van der Waals surface area (Å²) in [5.74, 6) is 0.516. The number of carbonyl (C=O) groups excluding carboxylic acids is 1. The average Bonchev–Trinajstić information content (AvgIpc) is 2.60. The fourth-order valence-corrected chi connectivity index (χ4v) is 3.67. The van der Waals surface area contributed by atoms with Gasteiger partial charge in [0.25, 0.3) is 0 Å². The number of ether oxygens (including phenoxy) is 1. The van der Waals surface area contributed by atoms with E-state index in [0.29, 0.717) is 23.3 Å². The molecule has 0 aliphatic heterocycles. The van der Waals surface area contributed by atoms with Gasteiger partial charge in [0.2, 0.25) is 0 Å². The lowest BCUT2D eigenvalue weighted by molar-refractivity contribution is -0.152. The number of hydrogen-bond acceptors (Lipinski definition) is 2. The van der Waals surface area contributed by atoms with Crippen molar-refractivity contribution < 1.29 is 9.53 Å². The van der Waals surface area contributed by atoms with Crippen molar-refractivity contribution in [3.8, 4) is 0 Å². The minimum atomic E-state index is -0.193. The van der Waals surface area contributed by atoms with Gasteiger partial charge in [0, 0.05) is 11.0 Å². The highest BCUT2D eigenvalue weighted by molar-refractivity contribution is 5.87. The Morgan fingerprint density at radius 2 is 2.06 bits per heavy atom. The average molecular weight is 236 g/mol. The van der Waals surface area contributed by atoms with Gasteiger partial charge in [0.05, 0.1) is 0 Å². The maximum atomic E-state index is 11.8. The van der Waals surface area contributed by atoms with Gasteiger partial charge in [0.1, 0.15) is 6.10 Å². The van der Waals surface area contributed by atoms with Crippen LogP contribution in [0.15, 0.2) is 12.2 Å². The molecule has 0 radical (unpaired) electrons. The van der Waals surface area contributed by atoms with Crippen LogP contribution in [0.4, 0.5) is 0 Å². The summed E-state index contributed by atoms with van der Waals surface area (Å²) < 4.78 is 5.70. The Balaban J connectivity index is 2.11. The lowest BCUT2D eigenvalue weighted by Crippen LogP contribution is -2.38. The molecule has 2 rings (SSSR count). The molecule has 2 fully saturated rings. The zero-order chi connectivity index (χ0) is 12.8. The van der Waals surface area contributed by atoms with Crippen molar-refractivity contribution in [2.45, 2.75) is 59.5 Å². The van der Waals surface area contributed by atoms with Gasteiger partial charge in [-0.3, -0.25) is 0 Å². The van der Waals surface area contributed by atoms with Crippen LogP contribution in [0.5, 0.6) is 0 Å². The second-order valence-corrected chi connectivity index (χ2v) is 6.46. The fraction of sp³-hybridized carbons (Fsp3) is 0.800. The van der Waals surface area contributed by atoms with E-state index in [-0.39, 0.29) is 17.5 Å². The van der Waals surface area contributed by atoms with E-state index in [0.717, 1.165) is 6.42 Å². The van der Waals surface area contributed by atoms with Gasteiger partial charge >= 0.3 is 5.97 Å². The molecule has 2 heteroatoms. The maximum Gasteiger partial charge on any atom is 0.333 e. The molecule has 2 bridgehead atoms. The Labute approximate surface area is 104 Å². The second kappa shape index (κ2) is 3.86. The summed E-state index contributed by atoms with van der Waals surface area (Å²) in [6.07, 6.45) is 4.27. The van der Waals surface area contributed by atoms with E-state index in [1.807, 2.05) is 6.92 Å². The predicted octanol–water partition coefficient (Wildman–Crippen LogP) is 3.71. The Morgan fingerprint density at radius 3 is 2.47 bits per heavy atom. The molecule has 17 heavy (non-hydrogen) atoms. The van der Waals surface area contributed by atoms with Crippen LogP contribution < -0.4 is 0 Å². The summed E-state index contributed by atoms with van der Waals surface area (Å²) >= 11 is 0. The van der Waals surface area contributed by atoms with Crippen molar-refractivity contribution in [3.05, 3.63) is 12.2 Å². The normalized spacial score (nSPS) is 38.1. The molecular weight excluding hydrogens is 212 g/mol. The molecule has 0 N–H and O–H groups in total. The van der Waals surface area contributed by atoms with Gasteiger partial charge in [-0.05, 0) is 37.0 Å². The Hall–Kier alpha value is -0.790. The van der Waals surface area contributed by atoms with E-state index in [1.54, 1.807) is 0 Å². The van der Waals surface area contributed by atoms with Crippen LogP contribution in [0.3, 0.4) is 0 Å². The highest BCUT2D eigenvalue weighted by Crippen LogP contribution is 2.66. The highest BCUT2D eigenvalue weighted by atomic mass is 16.5. The first-order valence-corrected chi connectivity index (χ1v) is 6.71. The van der Waals surface area contributed by atoms with Crippen LogP contribution in [-0.2, 0) is 9.53 Å². The highest BCUT2D eigenvalue weighted by Gasteiger charge is 2.62. The lowest BCUT2D eigenvalue weighted by atomic mass is 9.70. The molecule has 1 unspecified atom stereocenters. The molecule has 2 aliphatic rings. The van der Waals surface area contributed by atoms with Crippen LogP contribution in [0.1, 0.15) is 53.4 Å². The van der Waals surface area contributed by atoms with E-state index in [2.05, 4.69) is 27.4 Å². The SMILES string of the molecule is C=C(CC)C(=O)OC1C[C@H]2CC[C@@]1(C)C2(C)C. The van der Waals surface area contributed by atoms with Crippen molar-refractivity contribution in [2.75, 3.05) is 0 Å². The molecule has 0 saturated heterocycles. The summed E-state index contributed by atoms with van der Waals surface area (Å²) in [6, 6.07) is 0. The van der Waals surface area contributed by atoms with Gasteiger partial charge in [-0.1, -0.05) is 34.3 Å². The Morgan fingerprint density at radius 1 is 1.41 bits per heavy atom. The molecule has 0 spiro atoms. The van der Waals surface area contributed by atoms with Crippen molar-refractivity contribution in [2.24, 2.45) is 16.7 Å². The van der Waals surface area contributed by atoms with Crippen LogP contribution >= 0.6 is 0 Å². The van der Waals surface area contributed by atoms with Crippen molar-refractivity contribution in [1.29, 1.82) is 0 Å². The van der Waals surface area contributed by atoms with Crippen LogP contribution in [0.25, 0.3) is 0 Å². The molecule has 2 aliphatic carbocycles. The molecule has 0 aromatic carbocycles. The molecule has 3 atom stereocenters. The third kappa shape index (κ3) is 1.64. The zero-order valence-corrected chi connectivity index (χ0v) is 11.5. The van der Waals surface area contributed by atoms with Gasteiger partial charge in [-0.15, -0.1) is 0 Å². The van der Waals surface area contributed by atoms with E-state index in [9.17, 15) is 4.79 Å². The topological polar surface area (TPSA) is 26.3 Å². The number of carbonyl (C=O) groups is 1. The van der Waals surface area contributed by atoms with E-state index in [1.165, 1.54) is 12.8 Å². The molecule has 0 aromatic heterocycles. The van der Waals surface area contributed by atoms with Gasteiger partial charge in [-0.25, -0.2) is 4.79 Å². The third-order valence-corrected chi connectivity index (χ3v) is 5.68. The fourth-order valence-electron chi connectivity index (χ4n) is 3.67. The summed E-state index contributed by atoms with van der Waals surface area (Å²) in [7, 11) is 0. The zero-order valence-electron chi connectivity index (χ0n) is 11.5. The molecule has 2 nitrogen and oxygen atoms in total. The largest absolute Gasteiger partial charge is 0.458 e. The number of rotatable bonds is 3. The summed E-state index contributed by atoms with van der Waals surface area (Å²) in [4.78, 5) is 11.8. The first-order chi connectivity index (χ1) is 7.83. The minimum Gasteiger partial charge on any atom is -0.458 e. The second-order valence-electron chi connectivity index (χ2n) is 6.46. The first kappa shape index (κ1) is 12.7. The molecule has 2 saturated carbocycles. The van der Waals surface area contributed by atoms with Crippen molar-refractivity contribution in [1.82, 2.24) is 0 Å². The van der Waals surface area contributed by atoms with Gasteiger partial charge in [-0.2, -0.15) is 0 Å². The third-order valence-electron chi connectivity index (χ3n) is 5.68. The standard InChI is InChI=1S/C15H24O2/c1-6-10(2)13(16)17-12-9-11-7-8-15(12,5)14(11,3)4/h11-12H,2,6-9H2,1,3-5H3/t11-,12?,15-/m1/s1. The number of esters is 1. The Bertz CT molecular complexity index is 356. The van der Waals surface area contributed by atoms with Crippen molar-refractivity contribution in [3.63, 3.8) is 0 Å². The number of hydrogen-bond donors (Lipinski definition) is 0. The van der Waals surface area contributed by atoms with Gasteiger partial charge in [0.15, 0.2) is 0 Å². The monoisotopic (exact) mass is 236 g/mol. The lowest BCUT2D eigenvalue weighted by Gasteiger charge is -2.38. The number of fused-ring (bicyclic) bond motifs is 2. The summed E-state index contributed by atoms with van der Waals surface area (Å²) in [5.41, 5.74) is 1.04. The molecule has 96 valence electrons. The smallest absolute Gasteiger partial charge is 0.333 e.